The molecule has 1 fully saturated rings. The van der Waals surface area contributed by atoms with Crippen molar-refractivity contribution in [3.8, 4) is 0 Å². The van der Waals surface area contributed by atoms with Crippen LogP contribution in [0, 0.1) is 6.92 Å². The molecular weight excluding hydrogens is 415 g/mol. The van der Waals surface area contributed by atoms with Crippen LogP contribution in [0.15, 0.2) is 53.4 Å². The highest BCUT2D eigenvalue weighted by molar-refractivity contribution is 7.91. The van der Waals surface area contributed by atoms with E-state index < -0.39 is 16.0 Å². The summed E-state index contributed by atoms with van der Waals surface area (Å²) in [6.07, 6.45) is -0.966. The highest BCUT2D eigenvalue weighted by atomic mass is 32.2. The minimum Gasteiger partial charge on any atom is -0.377 e. The maximum atomic E-state index is 14.3. The van der Waals surface area contributed by atoms with E-state index in [1.165, 1.54) is 0 Å². The monoisotopic (exact) mass is 440 g/mol. The summed E-state index contributed by atoms with van der Waals surface area (Å²) in [4.78, 5) is 7.23. The van der Waals surface area contributed by atoms with Crippen molar-refractivity contribution in [1.82, 2.24) is 10.3 Å². The lowest BCUT2D eigenvalue weighted by molar-refractivity contribution is 0.343. The fourth-order valence-corrected chi connectivity index (χ4v) is 5.85. The molecule has 2 N–H and O–H groups in total. The van der Waals surface area contributed by atoms with Crippen molar-refractivity contribution in [3.05, 3.63) is 59.7 Å². The zero-order chi connectivity index (χ0) is 21.6. The average Bonchev–Trinajstić information content (AvgIpc) is 3.09. The van der Waals surface area contributed by atoms with Gasteiger partial charge in [0.25, 0.3) is 0 Å². The molecule has 8 heteroatoms. The van der Waals surface area contributed by atoms with Crippen LogP contribution in [0.3, 0.4) is 0 Å². The standard InChI is InChI=1S/C23H25FN4O2S/c1-15-6-7-19-17(10-15)20(26-21-13-25-12-18(21)24)11-23(27-19)28-8-9-31(29,30)22-5-3-2-4-16(22)14-28/h2-7,10-11,18,21,25H,8-9,12-14H2,1H3,(H,26,27)/t18-,21-/m0/s1. The Morgan fingerprint density at radius 1 is 1.16 bits per heavy atom. The number of hydrogen-bond donors (Lipinski definition) is 2. The van der Waals surface area contributed by atoms with Crippen molar-refractivity contribution < 1.29 is 12.8 Å². The molecule has 3 heterocycles. The Kier molecular flexibility index (Phi) is 5.06. The van der Waals surface area contributed by atoms with E-state index in [0.717, 1.165) is 27.7 Å². The quantitative estimate of drug-likeness (QED) is 0.652. The Morgan fingerprint density at radius 2 is 2.00 bits per heavy atom. The van der Waals surface area contributed by atoms with Gasteiger partial charge in [0.05, 0.1) is 22.2 Å². The molecule has 162 valence electrons. The molecule has 2 atom stereocenters. The van der Waals surface area contributed by atoms with Crippen molar-refractivity contribution in [2.45, 2.75) is 30.6 Å². The van der Waals surface area contributed by atoms with Crippen molar-refractivity contribution in [2.24, 2.45) is 0 Å². The van der Waals surface area contributed by atoms with Gasteiger partial charge < -0.3 is 15.5 Å². The molecule has 2 aliphatic heterocycles. The number of pyridine rings is 1. The molecule has 6 nitrogen and oxygen atoms in total. The first-order valence-electron chi connectivity index (χ1n) is 10.5. The molecule has 2 aromatic carbocycles. The maximum absolute atomic E-state index is 14.3. The SMILES string of the molecule is Cc1ccc2nc(N3CCS(=O)(=O)c4ccccc4C3)cc(N[C@H]3CNC[C@@H]3F)c2c1. The molecule has 0 unspecified atom stereocenters. The third kappa shape index (κ3) is 3.85. The van der Waals surface area contributed by atoms with Gasteiger partial charge in [-0.2, -0.15) is 0 Å². The first-order chi connectivity index (χ1) is 14.9. The molecule has 0 amide bonds. The van der Waals surface area contributed by atoms with E-state index in [2.05, 4.69) is 10.6 Å². The van der Waals surface area contributed by atoms with Crippen LogP contribution in [0.4, 0.5) is 15.9 Å². The van der Waals surface area contributed by atoms with Gasteiger partial charge >= 0.3 is 0 Å². The second-order valence-electron chi connectivity index (χ2n) is 8.32. The molecule has 2 aliphatic rings. The van der Waals surface area contributed by atoms with Crippen LogP contribution in [0.5, 0.6) is 0 Å². The van der Waals surface area contributed by atoms with E-state index in [-0.39, 0.29) is 11.8 Å². The predicted molar refractivity (Wildman–Crippen MR) is 121 cm³/mol. The molecule has 0 aliphatic carbocycles. The normalized spacial score (nSPS) is 22.8. The fraction of sp³-hybridized carbons (Fsp3) is 0.348. The van der Waals surface area contributed by atoms with Gasteiger partial charge in [-0.05, 0) is 30.7 Å². The summed E-state index contributed by atoms with van der Waals surface area (Å²) in [6, 6.07) is 14.8. The minimum atomic E-state index is -3.35. The van der Waals surface area contributed by atoms with Crippen molar-refractivity contribution in [3.63, 3.8) is 0 Å². The number of sulfone groups is 1. The number of benzene rings is 2. The van der Waals surface area contributed by atoms with E-state index in [1.54, 1.807) is 12.1 Å². The predicted octanol–water partition coefficient (Wildman–Crippen LogP) is 3.06. The third-order valence-corrected chi connectivity index (χ3v) is 7.84. The number of fused-ring (bicyclic) bond motifs is 2. The third-order valence-electron chi connectivity index (χ3n) is 6.05. The van der Waals surface area contributed by atoms with Crippen LogP contribution < -0.4 is 15.5 Å². The lowest BCUT2D eigenvalue weighted by atomic mass is 10.1. The van der Waals surface area contributed by atoms with Gasteiger partial charge in [0, 0.05) is 43.3 Å². The van der Waals surface area contributed by atoms with Crippen LogP contribution >= 0.6 is 0 Å². The first-order valence-corrected chi connectivity index (χ1v) is 12.1. The Balaban J connectivity index is 1.58. The summed E-state index contributed by atoms with van der Waals surface area (Å²) in [7, 11) is -3.35. The molecular formula is C23H25FN4O2S. The van der Waals surface area contributed by atoms with Crippen LogP contribution in [-0.4, -0.2) is 51.0 Å². The summed E-state index contributed by atoms with van der Waals surface area (Å²) >= 11 is 0. The number of anilines is 2. The van der Waals surface area contributed by atoms with E-state index in [0.29, 0.717) is 36.9 Å². The molecule has 31 heavy (non-hydrogen) atoms. The maximum Gasteiger partial charge on any atom is 0.180 e. The molecule has 0 bridgehead atoms. The Hall–Kier alpha value is -2.71. The zero-order valence-electron chi connectivity index (χ0n) is 17.3. The first kappa shape index (κ1) is 20.2. The van der Waals surface area contributed by atoms with Gasteiger partial charge in [0.15, 0.2) is 9.84 Å². The number of aryl methyl sites for hydroxylation is 1. The van der Waals surface area contributed by atoms with Crippen molar-refractivity contribution in [1.29, 1.82) is 0 Å². The number of rotatable bonds is 3. The fourth-order valence-electron chi connectivity index (χ4n) is 4.35. The Bertz CT molecular complexity index is 1250. The van der Waals surface area contributed by atoms with E-state index in [4.69, 9.17) is 4.98 Å². The number of aromatic nitrogens is 1. The average molecular weight is 441 g/mol. The summed E-state index contributed by atoms with van der Waals surface area (Å²) in [5, 5.41) is 7.38. The number of hydrogen-bond acceptors (Lipinski definition) is 6. The molecule has 0 spiro atoms. The Morgan fingerprint density at radius 3 is 2.81 bits per heavy atom. The van der Waals surface area contributed by atoms with Crippen LogP contribution in [-0.2, 0) is 16.4 Å². The summed E-state index contributed by atoms with van der Waals surface area (Å²) < 4.78 is 39.8. The lowest BCUT2D eigenvalue weighted by Gasteiger charge is -2.24. The summed E-state index contributed by atoms with van der Waals surface area (Å²) in [5.41, 5.74) is 3.48. The highest BCUT2D eigenvalue weighted by Gasteiger charge is 2.29. The van der Waals surface area contributed by atoms with E-state index in [9.17, 15) is 12.8 Å². The highest BCUT2D eigenvalue weighted by Crippen LogP contribution is 2.32. The lowest BCUT2D eigenvalue weighted by Crippen LogP contribution is -2.30. The summed E-state index contributed by atoms with van der Waals surface area (Å²) in [5.74, 6) is 0.714. The smallest absolute Gasteiger partial charge is 0.180 e. The number of halogens is 1. The van der Waals surface area contributed by atoms with Crippen molar-refractivity contribution >= 4 is 32.2 Å². The molecule has 0 radical (unpaired) electrons. The molecule has 1 saturated heterocycles. The number of nitrogens with zero attached hydrogens (tertiary/aromatic N) is 2. The van der Waals surface area contributed by atoms with Gasteiger partial charge in [-0.15, -0.1) is 0 Å². The van der Waals surface area contributed by atoms with E-state index in [1.807, 2.05) is 48.2 Å². The van der Waals surface area contributed by atoms with Gasteiger partial charge in [0.1, 0.15) is 12.0 Å². The number of nitrogens with one attached hydrogen (secondary N) is 2. The van der Waals surface area contributed by atoms with Gasteiger partial charge in [-0.25, -0.2) is 17.8 Å². The molecule has 5 rings (SSSR count). The van der Waals surface area contributed by atoms with Crippen molar-refractivity contribution in [2.75, 3.05) is 35.6 Å². The molecule has 1 aromatic heterocycles. The van der Waals surface area contributed by atoms with Crippen LogP contribution in [0.25, 0.3) is 10.9 Å². The van der Waals surface area contributed by atoms with Crippen LogP contribution in [0.1, 0.15) is 11.1 Å². The van der Waals surface area contributed by atoms with Gasteiger partial charge in [-0.1, -0.05) is 29.8 Å². The second-order valence-corrected chi connectivity index (χ2v) is 10.4. The minimum absolute atomic E-state index is 0.0273. The van der Waals surface area contributed by atoms with Crippen LogP contribution in [0.2, 0.25) is 0 Å². The number of alkyl halides is 1. The second kappa shape index (κ2) is 7.76. The largest absolute Gasteiger partial charge is 0.377 e. The summed E-state index contributed by atoms with van der Waals surface area (Å²) in [6.45, 7) is 3.71. The van der Waals surface area contributed by atoms with Gasteiger partial charge in [0.2, 0.25) is 0 Å². The molecule has 0 saturated carbocycles. The zero-order valence-corrected chi connectivity index (χ0v) is 18.1. The van der Waals surface area contributed by atoms with Gasteiger partial charge in [-0.3, -0.25) is 0 Å². The van der Waals surface area contributed by atoms with E-state index >= 15 is 0 Å². The topological polar surface area (TPSA) is 74.3 Å². The molecule has 3 aromatic rings. The Labute approximate surface area is 181 Å².